The summed E-state index contributed by atoms with van der Waals surface area (Å²) in [5.74, 6) is 1.29. The van der Waals surface area contributed by atoms with Crippen molar-refractivity contribution in [2.75, 3.05) is 39.3 Å². The van der Waals surface area contributed by atoms with Crippen LogP contribution in [0.2, 0.25) is 0 Å². The van der Waals surface area contributed by atoms with Crippen LogP contribution in [0.15, 0.2) is 54.6 Å². The van der Waals surface area contributed by atoms with Crippen molar-refractivity contribution in [1.29, 1.82) is 0 Å². The third-order valence-electron chi connectivity index (χ3n) is 7.76. The lowest BCUT2D eigenvalue weighted by Gasteiger charge is -2.42. The number of likely N-dealkylation sites (tertiary alicyclic amines) is 2. The molecule has 2 aromatic carbocycles. The van der Waals surface area contributed by atoms with Gasteiger partial charge in [0.25, 0.3) is 5.91 Å². The van der Waals surface area contributed by atoms with Gasteiger partial charge in [0.1, 0.15) is 5.75 Å². The maximum Gasteiger partial charge on any atom is 0.260 e. The van der Waals surface area contributed by atoms with Crippen LogP contribution in [0.1, 0.15) is 36.8 Å². The number of hydrogen-bond acceptors (Lipinski definition) is 4. The van der Waals surface area contributed by atoms with Gasteiger partial charge in [0.05, 0.1) is 0 Å². The van der Waals surface area contributed by atoms with Gasteiger partial charge in [0.15, 0.2) is 6.61 Å². The van der Waals surface area contributed by atoms with Gasteiger partial charge in [-0.15, -0.1) is 0 Å². The Hall–Kier alpha value is -2.86. The van der Waals surface area contributed by atoms with E-state index in [-0.39, 0.29) is 18.4 Å². The molecule has 2 fully saturated rings. The van der Waals surface area contributed by atoms with Crippen LogP contribution in [-0.4, -0.2) is 71.9 Å². The van der Waals surface area contributed by atoms with Gasteiger partial charge in [-0.2, -0.15) is 0 Å². The van der Waals surface area contributed by atoms with E-state index in [1.54, 1.807) is 0 Å². The number of benzene rings is 2. The molecule has 0 atom stereocenters. The smallest absolute Gasteiger partial charge is 0.260 e. The molecule has 2 amide bonds. The molecule has 5 rings (SSSR count). The second-order valence-corrected chi connectivity index (χ2v) is 9.80. The molecule has 180 valence electrons. The Morgan fingerprint density at radius 2 is 1.44 bits per heavy atom. The molecule has 0 saturated carbocycles. The summed E-state index contributed by atoms with van der Waals surface area (Å²) in [6, 6.07) is 18.5. The van der Waals surface area contributed by atoms with Crippen molar-refractivity contribution in [2.45, 2.75) is 44.7 Å². The third-order valence-corrected chi connectivity index (χ3v) is 7.76. The van der Waals surface area contributed by atoms with Gasteiger partial charge >= 0.3 is 0 Å². The monoisotopic (exact) mass is 461 g/mol. The number of nitrogens with zero attached hydrogens (tertiary/aromatic N) is 3. The lowest BCUT2D eigenvalue weighted by molar-refractivity contribution is -0.139. The Morgan fingerprint density at radius 3 is 2.18 bits per heavy atom. The summed E-state index contributed by atoms with van der Waals surface area (Å²) in [5, 5.41) is 0. The average molecular weight is 462 g/mol. The Labute approximate surface area is 202 Å². The molecule has 34 heavy (non-hydrogen) atoms. The fourth-order valence-electron chi connectivity index (χ4n) is 5.69. The van der Waals surface area contributed by atoms with E-state index in [2.05, 4.69) is 34.1 Å². The second kappa shape index (κ2) is 10.6. The van der Waals surface area contributed by atoms with Crippen LogP contribution in [0.5, 0.6) is 5.75 Å². The van der Waals surface area contributed by atoms with Crippen LogP contribution < -0.4 is 4.74 Å². The summed E-state index contributed by atoms with van der Waals surface area (Å²) in [6.45, 7) is 5.24. The number of ether oxygens (including phenoxy) is 1. The largest absolute Gasteiger partial charge is 0.484 e. The third kappa shape index (κ3) is 5.27. The molecular weight excluding hydrogens is 426 g/mol. The van der Waals surface area contributed by atoms with E-state index in [4.69, 9.17) is 4.74 Å². The number of amides is 2. The van der Waals surface area contributed by atoms with E-state index in [1.165, 1.54) is 11.1 Å². The molecule has 0 aliphatic carbocycles. The second-order valence-electron chi connectivity index (χ2n) is 9.80. The zero-order chi connectivity index (χ0) is 23.3. The minimum absolute atomic E-state index is 0.0645. The molecule has 0 unspecified atom stereocenters. The van der Waals surface area contributed by atoms with Gasteiger partial charge in [-0.1, -0.05) is 42.5 Å². The maximum atomic E-state index is 13.2. The van der Waals surface area contributed by atoms with Gasteiger partial charge in [-0.3, -0.25) is 9.59 Å². The van der Waals surface area contributed by atoms with Crippen LogP contribution in [0.4, 0.5) is 0 Å². The van der Waals surface area contributed by atoms with Crippen molar-refractivity contribution in [1.82, 2.24) is 14.7 Å². The molecule has 6 heteroatoms. The first-order chi connectivity index (χ1) is 16.7. The molecule has 0 spiro atoms. The van der Waals surface area contributed by atoms with Gasteiger partial charge in [0.2, 0.25) is 5.91 Å². The number of piperidine rings is 2. The molecular formula is C28H35N3O3. The van der Waals surface area contributed by atoms with Crippen molar-refractivity contribution in [2.24, 2.45) is 5.92 Å². The first-order valence-corrected chi connectivity index (χ1v) is 12.7. The van der Waals surface area contributed by atoms with E-state index < -0.39 is 0 Å². The number of carbonyl (C=O) groups is 2. The Kier molecular flexibility index (Phi) is 7.14. The highest BCUT2D eigenvalue weighted by Crippen LogP contribution is 2.27. The van der Waals surface area contributed by atoms with E-state index >= 15 is 0 Å². The van der Waals surface area contributed by atoms with E-state index in [9.17, 15) is 9.59 Å². The molecule has 0 N–H and O–H groups in total. The predicted molar refractivity (Wildman–Crippen MR) is 131 cm³/mol. The lowest BCUT2D eigenvalue weighted by Crippen LogP contribution is -2.51. The van der Waals surface area contributed by atoms with Crippen LogP contribution in [0.3, 0.4) is 0 Å². The van der Waals surface area contributed by atoms with E-state index in [1.807, 2.05) is 35.2 Å². The standard InChI is InChI=1S/C28H35N3O3/c32-27(21-34-26-8-2-1-3-9-26)30-18-13-25(14-19-30)29-15-11-23(12-16-29)28(33)31-17-10-22-6-4-5-7-24(22)20-31/h1-9,23,25H,10-21H2. The fourth-order valence-corrected chi connectivity index (χ4v) is 5.69. The molecule has 0 aromatic heterocycles. The van der Waals surface area contributed by atoms with Crippen molar-refractivity contribution in [3.63, 3.8) is 0 Å². The minimum atomic E-state index is 0.0645. The van der Waals surface area contributed by atoms with Gasteiger partial charge in [0, 0.05) is 38.1 Å². The van der Waals surface area contributed by atoms with Crippen molar-refractivity contribution < 1.29 is 14.3 Å². The molecule has 0 bridgehead atoms. The highest BCUT2D eigenvalue weighted by Gasteiger charge is 2.34. The zero-order valence-corrected chi connectivity index (χ0v) is 19.9. The summed E-state index contributed by atoms with van der Waals surface area (Å²) in [5.41, 5.74) is 2.69. The van der Waals surface area contributed by atoms with Crippen LogP contribution in [-0.2, 0) is 22.6 Å². The van der Waals surface area contributed by atoms with Gasteiger partial charge in [-0.05, 0) is 68.5 Å². The maximum absolute atomic E-state index is 13.2. The van der Waals surface area contributed by atoms with Crippen LogP contribution >= 0.6 is 0 Å². The molecule has 3 heterocycles. The highest BCUT2D eigenvalue weighted by molar-refractivity contribution is 5.79. The van der Waals surface area contributed by atoms with E-state index in [0.29, 0.717) is 11.9 Å². The van der Waals surface area contributed by atoms with Gasteiger partial charge < -0.3 is 19.4 Å². The summed E-state index contributed by atoms with van der Waals surface area (Å²) in [6.07, 6.45) is 4.85. The topological polar surface area (TPSA) is 53.1 Å². The first kappa shape index (κ1) is 22.9. The fraction of sp³-hybridized carbons (Fsp3) is 0.500. The lowest BCUT2D eigenvalue weighted by atomic mass is 9.91. The first-order valence-electron chi connectivity index (χ1n) is 12.7. The number of para-hydroxylation sites is 1. The predicted octanol–water partition coefficient (Wildman–Crippen LogP) is 3.35. The summed E-state index contributed by atoms with van der Waals surface area (Å²) >= 11 is 0. The average Bonchev–Trinajstić information content (AvgIpc) is 2.92. The zero-order valence-electron chi connectivity index (χ0n) is 19.9. The normalized spacial score (nSPS) is 20.1. The molecule has 2 saturated heterocycles. The Balaban J connectivity index is 1.04. The Morgan fingerprint density at radius 1 is 0.765 bits per heavy atom. The number of carbonyl (C=O) groups excluding carboxylic acids is 2. The SMILES string of the molecule is O=C(COc1ccccc1)N1CCC(N2CCC(C(=O)N3CCc4ccccc4C3)CC2)CC1. The van der Waals surface area contributed by atoms with E-state index in [0.717, 1.165) is 77.1 Å². The quantitative estimate of drug-likeness (QED) is 0.685. The van der Waals surface area contributed by atoms with Crippen molar-refractivity contribution >= 4 is 11.8 Å². The highest BCUT2D eigenvalue weighted by atomic mass is 16.5. The molecule has 2 aromatic rings. The summed E-state index contributed by atoms with van der Waals surface area (Å²) in [7, 11) is 0. The summed E-state index contributed by atoms with van der Waals surface area (Å²) in [4.78, 5) is 32.3. The number of rotatable bonds is 5. The minimum Gasteiger partial charge on any atom is -0.484 e. The molecule has 3 aliphatic rings. The Bertz CT molecular complexity index is 979. The summed E-state index contributed by atoms with van der Waals surface area (Å²) < 4.78 is 5.63. The van der Waals surface area contributed by atoms with Crippen LogP contribution in [0.25, 0.3) is 0 Å². The van der Waals surface area contributed by atoms with Crippen molar-refractivity contribution in [3.8, 4) is 5.75 Å². The van der Waals surface area contributed by atoms with Gasteiger partial charge in [-0.25, -0.2) is 0 Å². The number of fused-ring (bicyclic) bond motifs is 1. The van der Waals surface area contributed by atoms with Crippen molar-refractivity contribution in [3.05, 3.63) is 65.7 Å². The molecule has 0 radical (unpaired) electrons. The number of hydrogen-bond donors (Lipinski definition) is 0. The molecule has 6 nitrogen and oxygen atoms in total. The molecule has 3 aliphatic heterocycles. The van der Waals surface area contributed by atoms with Crippen LogP contribution in [0, 0.1) is 5.92 Å².